The molecule has 1 amide bonds. The first-order chi connectivity index (χ1) is 9.68. The summed E-state index contributed by atoms with van der Waals surface area (Å²) in [4.78, 5) is 18.3. The lowest BCUT2D eigenvalue weighted by Crippen LogP contribution is -2.45. The van der Waals surface area contributed by atoms with E-state index >= 15 is 0 Å². The van der Waals surface area contributed by atoms with Crippen molar-refractivity contribution in [1.29, 1.82) is 0 Å². The van der Waals surface area contributed by atoms with Crippen LogP contribution in [0.15, 0.2) is 22.6 Å². The van der Waals surface area contributed by atoms with Gasteiger partial charge in [-0.05, 0) is 23.6 Å². The fourth-order valence-electron chi connectivity index (χ4n) is 1.80. The number of nitrogens with zero attached hydrogens (tertiary/aromatic N) is 2. The van der Waals surface area contributed by atoms with Gasteiger partial charge < -0.3 is 20.4 Å². The average Bonchev–Trinajstić information content (AvgIpc) is 2.79. The lowest BCUT2D eigenvalue weighted by molar-refractivity contribution is -0.119. The van der Waals surface area contributed by atoms with Crippen LogP contribution in [0.25, 0.3) is 11.1 Å². The SMILES string of the molecule is CN(C)c1nc2cc(NC(=O)[C@@H](N)C(C)(C)C)ccc2o1. The highest BCUT2D eigenvalue weighted by molar-refractivity contribution is 5.96. The molecule has 3 N–H and O–H groups in total. The van der Waals surface area contributed by atoms with Crippen LogP contribution < -0.4 is 16.0 Å². The Bertz CT molecular complexity index is 655. The molecule has 0 aliphatic carbocycles. The van der Waals surface area contributed by atoms with E-state index < -0.39 is 6.04 Å². The van der Waals surface area contributed by atoms with Crippen LogP contribution in [-0.4, -0.2) is 31.0 Å². The van der Waals surface area contributed by atoms with Gasteiger partial charge >= 0.3 is 0 Å². The Kier molecular flexibility index (Phi) is 3.91. The smallest absolute Gasteiger partial charge is 0.297 e. The first-order valence-corrected chi connectivity index (χ1v) is 6.83. The van der Waals surface area contributed by atoms with E-state index in [4.69, 9.17) is 10.2 Å². The molecule has 0 fully saturated rings. The van der Waals surface area contributed by atoms with E-state index in [0.29, 0.717) is 22.8 Å². The van der Waals surface area contributed by atoms with Gasteiger partial charge in [0.25, 0.3) is 6.01 Å². The number of hydrogen-bond donors (Lipinski definition) is 2. The standard InChI is InChI=1S/C15H22N4O2/c1-15(2,3)12(16)13(20)17-9-6-7-11-10(8-9)18-14(21-11)19(4)5/h6-8,12H,16H2,1-5H3,(H,17,20)/t12-/m1/s1. The molecule has 0 unspecified atom stereocenters. The summed E-state index contributed by atoms with van der Waals surface area (Å²) >= 11 is 0. The van der Waals surface area contributed by atoms with Crippen LogP contribution in [0.1, 0.15) is 20.8 Å². The number of nitrogens with two attached hydrogens (primary N) is 1. The Balaban J connectivity index is 2.21. The molecule has 0 radical (unpaired) electrons. The highest BCUT2D eigenvalue weighted by Gasteiger charge is 2.27. The molecule has 0 saturated carbocycles. The third-order valence-electron chi connectivity index (χ3n) is 3.24. The highest BCUT2D eigenvalue weighted by Crippen LogP contribution is 2.24. The first kappa shape index (κ1) is 15.3. The molecule has 6 heteroatoms. The number of amides is 1. The molecule has 1 aromatic heterocycles. The van der Waals surface area contributed by atoms with Crippen LogP contribution in [0.4, 0.5) is 11.7 Å². The third kappa shape index (κ3) is 3.33. The van der Waals surface area contributed by atoms with Crippen LogP contribution in [0, 0.1) is 5.41 Å². The topological polar surface area (TPSA) is 84.4 Å². The molecule has 0 saturated heterocycles. The quantitative estimate of drug-likeness (QED) is 0.905. The monoisotopic (exact) mass is 290 g/mol. The summed E-state index contributed by atoms with van der Waals surface area (Å²) in [5.41, 5.74) is 7.69. The molecule has 2 rings (SSSR count). The molecule has 1 heterocycles. The van der Waals surface area contributed by atoms with E-state index in [0.717, 1.165) is 0 Å². The number of anilines is 2. The molecule has 0 bridgehead atoms. The minimum Gasteiger partial charge on any atom is -0.423 e. The molecule has 0 aliphatic heterocycles. The van der Waals surface area contributed by atoms with Gasteiger partial charge in [-0.3, -0.25) is 4.79 Å². The van der Waals surface area contributed by atoms with Crippen LogP contribution >= 0.6 is 0 Å². The predicted octanol–water partition coefficient (Wildman–Crippen LogP) is 2.21. The summed E-state index contributed by atoms with van der Waals surface area (Å²) in [5.74, 6) is -0.210. The number of aromatic nitrogens is 1. The minimum absolute atomic E-state index is 0.210. The molecule has 0 aliphatic rings. The van der Waals surface area contributed by atoms with Crippen LogP contribution in [0.3, 0.4) is 0 Å². The fraction of sp³-hybridized carbons (Fsp3) is 0.467. The van der Waals surface area contributed by atoms with E-state index in [1.165, 1.54) is 0 Å². The number of nitrogens with one attached hydrogen (secondary N) is 1. The first-order valence-electron chi connectivity index (χ1n) is 6.83. The van der Waals surface area contributed by atoms with Gasteiger partial charge in [0.15, 0.2) is 5.58 Å². The van der Waals surface area contributed by atoms with E-state index in [-0.39, 0.29) is 11.3 Å². The third-order valence-corrected chi connectivity index (χ3v) is 3.24. The Morgan fingerprint density at radius 1 is 1.38 bits per heavy atom. The van der Waals surface area contributed by atoms with E-state index in [2.05, 4.69) is 10.3 Å². The van der Waals surface area contributed by atoms with Crippen LogP contribution in [-0.2, 0) is 4.79 Å². The van der Waals surface area contributed by atoms with Crippen molar-refractivity contribution >= 4 is 28.7 Å². The van der Waals surface area contributed by atoms with Crippen molar-refractivity contribution in [2.75, 3.05) is 24.3 Å². The number of fused-ring (bicyclic) bond motifs is 1. The normalized spacial score (nSPS) is 13.2. The highest BCUT2D eigenvalue weighted by atomic mass is 16.4. The molecule has 1 aromatic carbocycles. The van der Waals surface area contributed by atoms with Gasteiger partial charge in [-0.1, -0.05) is 20.8 Å². The maximum Gasteiger partial charge on any atom is 0.297 e. The van der Waals surface area contributed by atoms with Gasteiger partial charge in [0.2, 0.25) is 5.91 Å². The second-order valence-electron chi connectivity index (χ2n) is 6.41. The van der Waals surface area contributed by atoms with Crippen molar-refractivity contribution in [2.45, 2.75) is 26.8 Å². The van der Waals surface area contributed by atoms with Crippen molar-refractivity contribution in [3.63, 3.8) is 0 Å². The van der Waals surface area contributed by atoms with E-state index in [9.17, 15) is 4.79 Å². The zero-order valence-electron chi connectivity index (χ0n) is 13.1. The number of benzene rings is 1. The number of oxazole rings is 1. The molecule has 0 spiro atoms. The van der Waals surface area contributed by atoms with Gasteiger partial charge in [-0.25, -0.2) is 0 Å². The molecular formula is C15H22N4O2. The largest absolute Gasteiger partial charge is 0.423 e. The van der Waals surface area contributed by atoms with E-state index in [1.54, 1.807) is 23.1 Å². The van der Waals surface area contributed by atoms with Crippen molar-refractivity contribution in [1.82, 2.24) is 4.98 Å². The van der Waals surface area contributed by atoms with Crippen molar-refractivity contribution in [2.24, 2.45) is 11.1 Å². The number of carbonyl (C=O) groups excluding carboxylic acids is 1. The summed E-state index contributed by atoms with van der Waals surface area (Å²) in [6.45, 7) is 5.80. The Hall–Kier alpha value is -2.08. The molecule has 21 heavy (non-hydrogen) atoms. The maximum atomic E-state index is 12.1. The van der Waals surface area contributed by atoms with Crippen molar-refractivity contribution in [3.8, 4) is 0 Å². The van der Waals surface area contributed by atoms with Gasteiger partial charge in [-0.2, -0.15) is 4.98 Å². The van der Waals surface area contributed by atoms with Gasteiger partial charge in [0, 0.05) is 19.8 Å². The lowest BCUT2D eigenvalue weighted by Gasteiger charge is -2.25. The van der Waals surface area contributed by atoms with Gasteiger partial charge in [0.05, 0.1) is 6.04 Å². The number of carbonyl (C=O) groups is 1. The van der Waals surface area contributed by atoms with Gasteiger partial charge in [0.1, 0.15) is 5.52 Å². The molecule has 2 aromatic rings. The molecule has 6 nitrogen and oxygen atoms in total. The zero-order chi connectivity index (χ0) is 15.8. The predicted molar refractivity (Wildman–Crippen MR) is 84.4 cm³/mol. The average molecular weight is 290 g/mol. The Morgan fingerprint density at radius 3 is 2.62 bits per heavy atom. The summed E-state index contributed by atoms with van der Waals surface area (Å²) < 4.78 is 5.57. The van der Waals surface area contributed by atoms with Crippen molar-refractivity contribution < 1.29 is 9.21 Å². The number of rotatable bonds is 3. The number of hydrogen-bond acceptors (Lipinski definition) is 5. The summed E-state index contributed by atoms with van der Waals surface area (Å²) in [5, 5.41) is 2.82. The van der Waals surface area contributed by atoms with Crippen molar-refractivity contribution in [3.05, 3.63) is 18.2 Å². The maximum absolute atomic E-state index is 12.1. The lowest BCUT2D eigenvalue weighted by atomic mass is 9.87. The summed E-state index contributed by atoms with van der Waals surface area (Å²) in [6, 6.07) is 5.29. The minimum atomic E-state index is -0.581. The van der Waals surface area contributed by atoms with Crippen LogP contribution in [0.5, 0.6) is 0 Å². The zero-order valence-corrected chi connectivity index (χ0v) is 13.1. The molecule has 114 valence electrons. The Labute approximate surface area is 124 Å². The Morgan fingerprint density at radius 2 is 2.05 bits per heavy atom. The van der Waals surface area contributed by atoms with Gasteiger partial charge in [-0.15, -0.1) is 0 Å². The second kappa shape index (κ2) is 5.37. The summed E-state index contributed by atoms with van der Waals surface area (Å²) in [7, 11) is 3.71. The second-order valence-corrected chi connectivity index (χ2v) is 6.41. The van der Waals surface area contributed by atoms with E-state index in [1.807, 2.05) is 34.9 Å². The summed E-state index contributed by atoms with van der Waals surface area (Å²) in [6.07, 6.45) is 0. The van der Waals surface area contributed by atoms with Crippen LogP contribution in [0.2, 0.25) is 0 Å². The molecular weight excluding hydrogens is 268 g/mol. The fourth-order valence-corrected chi connectivity index (χ4v) is 1.80. The molecule has 1 atom stereocenters.